The maximum atomic E-state index is 12.5. The van der Waals surface area contributed by atoms with Gasteiger partial charge in [-0.2, -0.15) is 0 Å². The summed E-state index contributed by atoms with van der Waals surface area (Å²) in [6.45, 7) is 6.25. The lowest BCUT2D eigenvalue weighted by atomic mass is 9.77. The number of carbonyl (C=O) groups excluding carboxylic acids is 2. The summed E-state index contributed by atoms with van der Waals surface area (Å²) in [5, 5.41) is 1.43. The minimum absolute atomic E-state index is 0.133. The van der Waals surface area contributed by atoms with Crippen molar-refractivity contribution in [3.63, 3.8) is 0 Å². The molecule has 2 aliphatic heterocycles. The van der Waals surface area contributed by atoms with Crippen molar-refractivity contribution < 1.29 is 19.2 Å². The van der Waals surface area contributed by atoms with Crippen LogP contribution < -0.4 is 0 Å². The molecule has 140 valence electrons. The van der Waals surface area contributed by atoms with Crippen molar-refractivity contribution in [2.24, 2.45) is 5.92 Å². The number of methoxy groups -OCH3 is 1. The topological polar surface area (TPSA) is 72.0 Å². The standard InChI is InChI=1S/C19H25N3O4/c1-3-12-26-22-17(23)13-16(18(24)25-2)19(22)6-10-21(11-7-19)14-15-4-8-20-9-5-15/h3-5,8-9,16H,1,6-7,10-14H2,2H3/t16-/m0/s1. The maximum Gasteiger partial charge on any atom is 0.311 e. The lowest BCUT2D eigenvalue weighted by Crippen LogP contribution is -2.57. The van der Waals surface area contributed by atoms with E-state index >= 15 is 0 Å². The van der Waals surface area contributed by atoms with Crippen molar-refractivity contribution in [3.8, 4) is 0 Å². The Bertz CT molecular complexity index is 656. The Hall–Kier alpha value is -2.25. The van der Waals surface area contributed by atoms with Gasteiger partial charge >= 0.3 is 5.97 Å². The third-order valence-corrected chi connectivity index (χ3v) is 5.34. The molecule has 0 N–H and O–H groups in total. The van der Waals surface area contributed by atoms with Gasteiger partial charge in [0.2, 0.25) is 5.91 Å². The minimum Gasteiger partial charge on any atom is -0.469 e. The molecular formula is C19H25N3O4. The molecule has 0 saturated carbocycles. The normalized spacial score (nSPS) is 22.6. The van der Waals surface area contributed by atoms with Crippen LogP contribution in [0.1, 0.15) is 24.8 Å². The fourth-order valence-corrected chi connectivity index (χ4v) is 4.01. The summed E-state index contributed by atoms with van der Waals surface area (Å²) >= 11 is 0. The molecule has 2 aliphatic rings. The number of aromatic nitrogens is 1. The van der Waals surface area contributed by atoms with Crippen molar-refractivity contribution in [3.05, 3.63) is 42.7 Å². The summed E-state index contributed by atoms with van der Waals surface area (Å²) in [5.41, 5.74) is 0.560. The van der Waals surface area contributed by atoms with Crippen molar-refractivity contribution in [2.45, 2.75) is 31.3 Å². The molecule has 0 bridgehead atoms. The second-order valence-corrected chi connectivity index (χ2v) is 6.79. The minimum atomic E-state index is -0.637. The molecule has 0 radical (unpaired) electrons. The molecule has 0 aromatic carbocycles. The highest BCUT2D eigenvalue weighted by molar-refractivity contribution is 5.88. The summed E-state index contributed by atoms with van der Waals surface area (Å²) in [6, 6.07) is 4.00. The van der Waals surface area contributed by atoms with Gasteiger partial charge in [0.25, 0.3) is 0 Å². The van der Waals surface area contributed by atoms with Crippen LogP contribution in [0.2, 0.25) is 0 Å². The summed E-state index contributed by atoms with van der Waals surface area (Å²) in [5.74, 6) is -0.997. The van der Waals surface area contributed by atoms with Crippen LogP contribution in [0, 0.1) is 5.92 Å². The van der Waals surface area contributed by atoms with Gasteiger partial charge in [-0.05, 0) is 30.5 Å². The zero-order valence-electron chi connectivity index (χ0n) is 15.1. The monoisotopic (exact) mass is 359 g/mol. The van der Waals surface area contributed by atoms with E-state index in [4.69, 9.17) is 9.57 Å². The number of ether oxygens (including phenoxy) is 1. The molecule has 0 unspecified atom stereocenters. The molecule has 7 heteroatoms. The Labute approximate surface area is 153 Å². The number of hydrogen-bond donors (Lipinski definition) is 0. The number of hydroxylamine groups is 2. The van der Waals surface area contributed by atoms with E-state index in [-0.39, 0.29) is 24.9 Å². The van der Waals surface area contributed by atoms with Crippen molar-refractivity contribution in [2.75, 3.05) is 26.8 Å². The second-order valence-electron chi connectivity index (χ2n) is 6.79. The molecule has 1 atom stereocenters. The van der Waals surface area contributed by atoms with Crippen LogP contribution in [0.4, 0.5) is 0 Å². The van der Waals surface area contributed by atoms with Gasteiger partial charge in [-0.1, -0.05) is 6.08 Å². The highest BCUT2D eigenvalue weighted by Gasteiger charge is 2.58. The zero-order valence-corrected chi connectivity index (χ0v) is 15.1. The molecule has 0 aliphatic carbocycles. The Morgan fingerprint density at radius 3 is 2.69 bits per heavy atom. The third-order valence-electron chi connectivity index (χ3n) is 5.34. The lowest BCUT2D eigenvalue weighted by Gasteiger charge is -2.45. The molecule has 1 amide bonds. The van der Waals surface area contributed by atoms with Gasteiger partial charge < -0.3 is 4.74 Å². The zero-order chi connectivity index (χ0) is 18.6. The van der Waals surface area contributed by atoms with Gasteiger partial charge in [0.1, 0.15) is 0 Å². The highest BCUT2D eigenvalue weighted by atomic mass is 16.7. The predicted molar refractivity (Wildman–Crippen MR) is 94.6 cm³/mol. The van der Waals surface area contributed by atoms with E-state index in [2.05, 4.69) is 16.5 Å². The Balaban J connectivity index is 1.75. The summed E-state index contributed by atoms with van der Waals surface area (Å²) in [7, 11) is 1.37. The molecular weight excluding hydrogens is 334 g/mol. The highest BCUT2D eigenvalue weighted by Crippen LogP contribution is 2.44. The van der Waals surface area contributed by atoms with E-state index in [0.29, 0.717) is 12.8 Å². The van der Waals surface area contributed by atoms with Gasteiger partial charge in [0, 0.05) is 38.4 Å². The first-order chi connectivity index (χ1) is 12.6. The number of likely N-dealkylation sites (tertiary alicyclic amines) is 1. The average Bonchev–Trinajstić information content (AvgIpc) is 2.94. The average molecular weight is 359 g/mol. The smallest absolute Gasteiger partial charge is 0.311 e. The van der Waals surface area contributed by atoms with Crippen LogP contribution >= 0.6 is 0 Å². The van der Waals surface area contributed by atoms with Crippen LogP contribution in [-0.2, 0) is 25.7 Å². The van der Waals surface area contributed by atoms with Crippen molar-refractivity contribution in [1.82, 2.24) is 14.9 Å². The van der Waals surface area contributed by atoms with E-state index in [1.807, 2.05) is 12.1 Å². The van der Waals surface area contributed by atoms with Crippen molar-refractivity contribution in [1.29, 1.82) is 0 Å². The van der Waals surface area contributed by atoms with E-state index < -0.39 is 11.5 Å². The number of esters is 1. The Morgan fingerprint density at radius 2 is 2.08 bits per heavy atom. The predicted octanol–water partition coefficient (Wildman–Crippen LogP) is 1.56. The summed E-state index contributed by atoms with van der Waals surface area (Å²) < 4.78 is 4.97. The SMILES string of the molecule is C=CCON1C(=O)C[C@@H](C(=O)OC)C12CCN(Cc1ccncc1)CC2. The molecule has 7 nitrogen and oxygen atoms in total. The van der Waals surface area contributed by atoms with Crippen LogP contribution in [0.3, 0.4) is 0 Å². The fraction of sp³-hybridized carbons (Fsp3) is 0.526. The van der Waals surface area contributed by atoms with Gasteiger partial charge in [-0.3, -0.25) is 24.3 Å². The number of piperidine rings is 1. The number of nitrogens with zero attached hydrogens (tertiary/aromatic N) is 3. The Morgan fingerprint density at radius 1 is 1.38 bits per heavy atom. The molecule has 1 spiro atoms. The molecule has 3 rings (SSSR count). The molecule has 1 aromatic rings. The summed E-state index contributed by atoms with van der Waals surface area (Å²) in [6.07, 6.45) is 6.64. The van der Waals surface area contributed by atoms with Crippen LogP contribution in [-0.4, -0.2) is 59.2 Å². The van der Waals surface area contributed by atoms with E-state index in [0.717, 1.165) is 19.6 Å². The Kier molecular flexibility index (Phi) is 5.68. The lowest BCUT2D eigenvalue weighted by molar-refractivity contribution is -0.218. The van der Waals surface area contributed by atoms with Crippen LogP contribution in [0.25, 0.3) is 0 Å². The largest absolute Gasteiger partial charge is 0.469 e. The van der Waals surface area contributed by atoms with Crippen molar-refractivity contribution >= 4 is 11.9 Å². The van der Waals surface area contributed by atoms with E-state index in [1.54, 1.807) is 18.5 Å². The quantitative estimate of drug-likeness (QED) is 0.567. The van der Waals surface area contributed by atoms with Crippen LogP contribution in [0.5, 0.6) is 0 Å². The van der Waals surface area contributed by atoms with Gasteiger partial charge in [0.15, 0.2) is 0 Å². The van der Waals surface area contributed by atoms with E-state index in [9.17, 15) is 9.59 Å². The number of hydrogen-bond acceptors (Lipinski definition) is 6. The second kappa shape index (κ2) is 7.97. The fourth-order valence-electron chi connectivity index (χ4n) is 4.01. The van der Waals surface area contributed by atoms with Gasteiger partial charge in [0.05, 0.1) is 25.2 Å². The van der Waals surface area contributed by atoms with Crippen LogP contribution in [0.15, 0.2) is 37.2 Å². The van der Waals surface area contributed by atoms with Gasteiger partial charge in [-0.15, -0.1) is 6.58 Å². The number of pyridine rings is 1. The molecule has 3 heterocycles. The molecule has 2 saturated heterocycles. The first kappa shape index (κ1) is 18.5. The third kappa shape index (κ3) is 3.50. The van der Waals surface area contributed by atoms with E-state index in [1.165, 1.54) is 17.7 Å². The molecule has 26 heavy (non-hydrogen) atoms. The first-order valence-electron chi connectivity index (χ1n) is 8.86. The number of rotatable bonds is 6. The van der Waals surface area contributed by atoms with Gasteiger partial charge in [-0.25, -0.2) is 5.06 Å². The number of carbonyl (C=O) groups is 2. The summed E-state index contributed by atoms with van der Waals surface area (Å²) in [4.78, 5) is 36.9. The number of amides is 1. The molecule has 1 aromatic heterocycles. The first-order valence-corrected chi connectivity index (χ1v) is 8.86. The molecule has 2 fully saturated rings. The maximum absolute atomic E-state index is 12.5.